The van der Waals surface area contributed by atoms with Crippen LogP contribution in [0.15, 0.2) is 36.4 Å². The number of carbonyl (C=O) groups is 2. The maximum Gasteiger partial charge on any atom is 0.338 e. The number of carbonyl (C=O) groups excluding carboxylic acids is 2. The molecule has 3 rings (SSSR count). The Morgan fingerprint density at radius 3 is 2.17 bits per heavy atom. The number of hydrogen-bond acceptors (Lipinski definition) is 4. The molecule has 0 saturated carbocycles. The molecular weight excluding hydrogens is 376 g/mol. The van der Waals surface area contributed by atoms with E-state index in [0.29, 0.717) is 17.9 Å². The molecule has 0 radical (unpaired) electrons. The van der Waals surface area contributed by atoms with E-state index in [-0.39, 0.29) is 22.8 Å². The Morgan fingerprint density at radius 1 is 1.00 bits per heavy atom. The van der Waals surface area contributed by atoms with Gasteiger partial charge in [0.15, 0.2) is 0 Å². The normalized spacial score (nSPS) is 16.2. The van der Waals surface area contributed by atoms with Crippen molar-refractivity contribution in [3.8, 4) is 5.75 Å². The van der Waals surface area contributed by atoms with Crippen LogP contribution in [0.1, 0.15) is 93.4 Å². The molecule has 0 N–H and O–H groups in total. The highest BCUT2D eigenvalue weighted by atomic mass is 16.5. The molecule has 30 heavy (non-hydrogen) atoms. The van der Waals surface area contributed by atoms with Gasteiger partial charge in [-0.3, -0.25) is 4.79 Å². The summed E-state index contributed by atoms with van der Waals surface area (Å²) < 4.78 is 11.0. The molecule has 1 heterocycles. The highest BCUT2D eigenvalue weighted by molar-refractivity contribution is 5.92. The van der Waals surface area contributed by atoms with E-state index in [4.69, 9.17) is 9.47 Å². The predicted molar refractivity (Wildman–Crippen MR) is 118 cm³/mol. The predicted octanol–water partition coefficient (Wildman–Crippen LogP) is 5.90. The van der Waals surface area contributed by atoms with Gasteiger partial charge in [-0.1, -0.05) is 72.7 Å². The van der Waals surface area contributed by atoms with Crippen LogP contribution in [-0.2, 0) is 20.4 Å². The third-order valence-corrected chi connectivity index (χ3v) is 5.46. The summed E-state index contributed by atoms with van der Waals surface area (Å²) >= 11 is 0. The molecule has 160 valence electrons. The van der Waals surface area contributed by atoms with Gasteiger partial charge in [-0.25, -0.2) is 4.79 Å². The lowest BCUT2D eigenvalue weighted by Gasteiger charge is -2.27. The molecule has 0 bridgehead atoms. The zero-order valence-corrected chi connectivity index (χ0v) is 19.1. The Morgan fingerprint density at radius 2 is 1.63 bits per heavy atom. The van der Waals surface area contributed by atoms with Gasteiger partial charge in [0.05, 0.1) is 12.2 Å². The third kappa shape index (κ3) is 4.28. The largest absolute Gasteiger partial charge is 0.462 e. The SMILES string of the molecule is CCCOC(=O)c1ccc(C2C(=O)Oc3c2cc(C(C)(C)C)cc3C(C)(C)C)cc1. The van der Waals surface area contributed by atoms with Gasteiger partial charge in [-0.15, -0.1) is 0 Å². The van der Waals surface area contributed by atoms with Crippen molar-refractivity contribution in [3.05, 3.63) is 64.2 Å². The zero-order valence-electron chi connectivity index (χ0n) is 19.1. The third-order valence-electron chi connectivity index (χ3n) is 5.46. The molecule has 1 unspecified atom stereocenters. The molecule has 1 aliphatic heterocycles. The van der Waals surface area contributed by atoms with Crippen LogP contribution >= 0.6 is 0 Å². The second-order valence-electron chi connectivity index (χ2n) is 10.1. The highest BCUT2D eigenvalue weighted by Crippen LogP contribution is 2.47. The Labute approximate surface area is 179 Å². The Balaban J connectivity index is 2.06. The standard InChI is InChI=1S/C26H32O4/c1-8-13-29-23(27)17-11-9-16(10-12-17)21-19-14-18(25(2,3)4)15-20(26(5,6)7)22(19)30-24(21)28/h9-12,14-15,21H,8,13H2,1-7H3. The van der Waals surface area contributed by atoms with Crippen LogP contribution in [0, 0.1) is 0 Å². The molecule has 4 heteroatoms. The zero-order chi connectivity index (χ0) is 22.3. The van der Waals surface area contributed by atoms with Crippen molar-refractivity contribution in [2.75, 3.05) is 6.61 Å². The van der Waals surface area contributed by atoms with Crippen LogP contribution in [0.3, 0.4) is 0 Å². The van der Waals surface area contributed by atoms with Gasteiger partial charge in [0.2, 0.25) is 0 Å². The van der Waals surface area contributed by atoms with Gasteiger partial charge in [0.1, 0.15) is 11.7 Å². The minimum Gasteiger partial charge on any atom is -0.462 e. The summed E-state index contributed by atoms with van der Waals surface area (Å²) in [5, 5.41) is 0. The number of fused-ring (bicyclic) bond motifs is 1. The summed E-state index contributed by atoms with van der Waals surface area (Å²) in [5.74, 6) is -0.438. The fourth-order valence-corrected chi connectivity index (χ4v) is 3.66. The minimum absolute atomic E-state index is 0.0574. The average molecular weight is 409 g/mol. The molecule has 1 aliphatic rings. The van der Waals surface area contributed by atoms with Gasteiger partial charge in [0.25, 0.3) is 0 Å². The lowest BCUT2D eigenvalue weighted by molar-refractivity contribution is -0.133. The van der Waals surface area contributed by atoms with Gasteiger partial charge < -0.3 is 9.47 Å². The lowest BCUT2D eigenvalue weighted by Crippen LogP contribution is -2.17. The lowest BCUT2D eigenvalue weighted by atomic mass is 9.77. The quantitative estimate of drug-likeness (QED) is 0.467. The van der Waals surface area contributed by atoms with Crippen LogP contribution in [0.4, 0.5) is 0 Å². The molecule has 0 spiro atoms. The van der Waals surface area contributed by atoms with Crippen molar-refractivity contribution < 1.29 is 19.1 Å². The molecule has 0 aromatic heterocycles. The summed E-state index contributed by atoms with van der Waals surface area (Å²) in [4.78, 5) is 25.0. The van der Waals surface area contributed by atoms with E-state index in [9.17, 15) is 9.59 Å². The summed E-state index contributed by atoms with van der Waals surface area (Å²) in [5.41, 5.74) is 4.20. The van der Waals surface area contributed by atoms with Gasteiger partial charge in [-0.2, -0.15) is 0 Å². The highest BCUT2D eigenvalue weighted by Gasteiger charge is 2.39. The first-order chi connectivity index (χ1) is 13.9. The second-order valence-corrected chi connectivity index (χ2v) is 10.1. The van der Waals surface area contributed by atoms with Crippen LogP contribution in [-0.4, -0.2) is 18.5 Å². The molecule has 0 saturated heterocycles. The molecule has 2 aromatic carbocycles. The van der Waals surface area contributed by atoms with E-state index >= 15 is 0 Å². The van der Waals surface area contributed by atoms with Crippen molar-refractivity contribution in [2.24, 2.45) is 0 Å². The van der Waals surface area contributed by atoms with Crippen LogP contribution in [0.2, 0.25) is 0 Å². The van der Waals surface area contributed by atoms with E-state index < -0.39 is 5.92 Å². The van der Waals surface area contributed by atoms with E-state index in [1.165, 1.54) is 5.56 Å². The second kappa shape index (κ2) is 7.90. The maximum absolute atomic E-state index is 12.9. The van der Waals surface area contributed by atoms with Crippen molar-refractivity contribution in [3.63, 3.8) is 0 Å². The fourth-order valence-electron chi connectivity index (χ4n) is 3.66. The first-order valence-electron chi connectivity index (χ1n) is 10.6. The van der Waals surface area contributed by atoms with E-state index in [1.54, 1.807) is 12.1 Å². The summed E-state index contributed by atoms with van der Waals surface area (Å²) in [7, 11) is 0. The number of benzene rings is 2. The monoisotopic (exact) mass is 408 g/mol. The van der Waals surface area contributed by atoms with Crippen molar-refractivity contribution in [1.29, 1.82) is 0 Å². The summed E-state index contributed by atoms with van der Waals surface area (Å²) in [6, 6.07) is 11.4. The van der Waals surface area contributed by atoms with E-state index in [2.05, 4.69) is 53.7 Å². The molecule has 0 amide bonds. The molecule has 0 fully saturated rings. The van der Waals surface area contributed by atoms with Gasteiger partial charge >= 0.3 is 11.9 Å². The average Bonchev–Trinajstić information content (AvgIpc) is 2.99. The minimum atomic E-state index is -0.496. The van der Waals surface area contributed by atoms with Crippen molar-refractivity contribution in [1.82, 2.24) is 0 Å². The summed E-state index contributed by atoms with van der Waals surface area (Å²) in [6.07, 6.45) is 0.779. The molecule has 4 nitrogen and oxygen atoms in total. The maximum atomic E-state index is 12.9. The first kappa shape index (κ1) is 22.1. The smallest absolute Gasteiger partial charge is 0.338 e. The number of rotatable bonds is 4. The fraction of sp³-hybridized carbons (Fsp3) is 0.462. The van der Waals surface area contributed by atoms with Crippen LogP contribution < -0.4 is 4.74 Å². The van der Waals surface area contributed by atoms with Crippen LogP contribution in [0.25, 0.3) is 0 Å². The van der Waals surface area contributed by atoms with E-state index in [1.807, 2.05) is 19.1 Å². The molecule has 2 aromatic rings. The van der Waals surface area contributed by atoms with Crippen molar-refractivity contribution in [2.45, 2.75) is 71.6 Å². The molecule has 0 aliphatic carbocycles. The first-order valence-corrected chi connectivity index (χ1v) is 10.6. The number of esters is 2. The summed E-state index contributed by atoms with van der Waals surface area (Å²) in [6.45, 7) is 15.3. The number of hydrogen-bond donors (Lipinski definition) is 0. The Kier molecular flexibility index (Phi) is 5.81. The van der Waals surface area contributed by atoms with Gasteiger partial charge in [-0.05, 0) is 40.5 Å². The van der Waals surface area contributed by atoms with Crippen molar-refractivity contribution >= 4 is 11.9 Å². The van der Waals surface area contributed by atoms with Crippen LogP contribution in [0.5, 0.6) is 5.75 Å². The Hall–Kier alpha value is -2.62. The van der Waals surface area contributed by atoms with Gasteiger partial charge in [0, 0.05) is 11.1 Å². The van der Waals surface area contributed by atoms with E-state index in [0.717, 1.165) is 23.1 Å². The topological polar surface area (TPSA) is 52.6 Å². The molecular formula is C26H32O4. The number of ether oxygens (including phenoxy) is 2. The Bertz CT molecular complexity index is 956. The molecule has 1 atom stereocenters.